The van der Waals surface area contributed by atoms with Crippen LogP contribution in [-0.4, -0.2) is 34.5 Å². The van der Waals surface area contributed by atoms with Crippen molar-refractivity contribution in [3.8, 4) is 5.75 Å². The summed E-state index contributed by atoms with van der Waals surface area (Å²) in [5.41, 5.74) is 3.73. The van der Waals surface area contributed by atoms with Crippen LogP contribution >= 0.6 is 11.6 Å². The van der Waals surface area contributed by atoms with E-state index in [2.05, 4.69) is 4.98 Å². The van der Waals surface area contributed by atoms with Gasteiger partial charge in [0, 0.05) is 41.1 Å². The van der Waals surface area contributed by atoms with Crippen molar-refractivity contribution in [3.63, 3.8) is 0 Å². The van der Waals surface area contributed by atoms with Crippen LogP contribution < -0.4 is 4.74 Å². The maximum atomic E-state index is 12.7. The molecule has 136 valence electrons. The van der Waals surface area contributed by atoms with E-state index in [1.807, 2.05) is 48.9 Å². The minimum Gasteiger partial charge on any atom is -0.496 e. The summed E-state index contributed by atoms with van der Waals surface area (Å²) in [6, 6.07) is 7.66. The Morgan fingerprint density at radius 3 is 2.81 bits per heavy atom. The molecule has 0 unspecified atom stereocenters. The van der Waals surface area contributed by atoms with Crippen LogP contribution in [0.15, 0.2) is 36.7 Å². The topological polar surface area (TPSA) is 47.4 Å². The number of amides is 1. The Labute approximate surface area is 158 Å². The fraction of sp³-hybridized carbons (Fsp3) is 0.300. The van der Waals surface area contributed by atoms with E-state index in [4.69, 9.17) is 16.3 Å². The van der Waals surface area contributed by atoms with Gasteiger partial charge in [0.2, 0.25) is 5.91 Å². The molecule has 0 saturated carbocycles. The van der Waals surface area contributed by atoms with Crippen molar-refractivity contribution in [2.24, 2.45) is 0 Å². The van der Waals surface area contributed by atoms with E-state index in [-0.39, 0.29) is 12.5 Å². The summed E-state index contributed by atoms with van der Waals surface area (Å²) in [6.07, 6.45) is 3.69. The smallest absolute Gasteiger partial charge is 0.242 e. The van der Waals surface area contributed by atoms with E-state index in [9.17, 15) is 4.79 Å². The van der Waals surface area contributed by atoms with Crippen molar-refractivity contribution in [2.75, 3.05) is 14.2 Å². The van der Waals surface area contributed by atoms with Crippen molar-refractivity contribution in [1.82, 2.24) is 14.5 Å². The van der Waals surface area contributed by atoms with Gasteiger partial charge in [0.25, 0.3) is 0 Å². The zero-order valence-electron chi connectivity index (χ0n) is 15.4. The van der Waals surface area contributed by atoms with Crippen LogP contribution in [0.5, 0.6) is 5.75 Å². The highest BCUT2D eigenvalue weighted by Gasteiger charge is 2.16. The summed E-state index contributed by atoms with van der Waals surface area (Å²) in [4.78, 5) is 18.8. The molecule has 26 heavy (non-hydrogen) atoms. The number of rotatable bonds is 5. The van der Waals surface area contributed by atoms with Gasteiger partial charge in [-0.15, -0.1) is 0 Å². The highest BCUT2D eigenvalue weighted by molar-refractivity contribution is 6.31. The standard InChI is InChI=1S/C20H22ClN3O2/c1-13-10-22-17(14(2)20(13)26-4)11-23(3)19(25)12-24-8-7-15-5-6-16(21)9-18(15)24/h5-10H,11-12H2,1-4H3. The van der Waals surface area contributed by atoms with Gasteiger partial charge >= 0.3 is 0 Å². The van der Waals surface area contributed by atoms with Gasteiger partial charge in [-0.2, -0.15) is 0 Å². The number of carbonyl (C=O) groups is 1. The molecule has 0 atom stereocenters. The molecule has 3 rings (SSSR count). The SMILES string of the molecule is COc1c(C)cnc(CN(C)C(=O)Cn2ccc3ccc(Cl)cc32)c1C. The summed E-state index contributed by atoms with van der Waals surface area (Å²) in [6.45, 7) is 4.61. The number of nitrogens with zero attached hydrogens (tertiary/aromatic N) is 3. The monoisotopic (exact) mass is 371 g/mol. The lowest BCUT2D eigenvalue weighted by atomic mass is 10.1. The molecule has 0 bridgehead atoms. The van der Waals surface area contributed by atoms with Gasteiger partial charge in [-0.05, 0) is 37.4 Å². The number of halogens is 1. The van der Waals surface area contributed by atoms with Crippen LogP contribution in [0.1, 0.15) is 16.8 Å². The minimum atomic E-state index is 0.00298. The quantitative estimate of drug-likeness (QED) is 0.681. The first-order valence-corrected chi connectivity index (χ1v) is 8.76. The zero-order chi connectivity index (χ0) is 18.8. The third-order valence-corrected chi connectivity index (χ3v) is 4.84. The number of hydrogen-bond acceptors (Lipinski definition) is 3. The minimum absolute atomic E-state index is 0.00298. The lowest BCUT2D eigenvalue weighted by molar-refractivity contribution is -0.131. The number of aryl methyl sites for hydroxylation is 1. The van der Waals surface area contributed by atoms with E-state index in [1.54, 1.807) is 25.3 Å². The van der Waals surface area contributed by atoms with Crippen molar-refractivity contribution < 1.29 is 9.53 Å². The molecule has 1 amide bonds. The fourth-order valence-corrected chi connectivity index (χ4v) is 3.27. The third kappa shape index (κ3) is 3.53. The number of ether oxygens (including phenoxy) is 1. The van der Waals surface area contributed by atoms with Crippen LogP contribution in [0.25, 0.3) is 10.9 Å². The average Bonchev–Trinajstić information content (AvgIpc) is 3.00. The zero-order valence-corrected chi connectivity index (χ0v) is 16.2. The number of fused-ring (bicyclic) bond motifs is 1. The summed E-state index contributed by atoms with van der Waals surface area (Å²) in [5.74, 6) is 0.824. The Hall–Kier alpha value is -2.53. The largest absolute Gasteiger partial charge is 0.496 e. The number of benzene rings is 1. The number of hydrogen-bond donors (Lipinski definition) is 0. The number of methoxy groups -OCH3 is 1. The number of likely N-dealkylation sites (N-methyl/N-ethyl adjacent to an activating group) is 1. The maximum Gasteiger partial charge on any atom is 0.242 e. The summed E-state index contributed by atoms with van der Waals surface area (Å²) < 4.78 is 7.36. The predicted molar refractivity (Wildman–Crippen MR) is 104 cm³/mol. The van der Waals surface area contributed by atoms with Crippen molar-refractivity contribution >= 4 is 28.4 Å². The molecule has 0 aliphatic rings. The summed E-state index contributed by atoms with van der Waals surface area (Å²) >= 11 is 6.08. The second-order valence-corrected chi connectivity index (χ2v) is 6.88. The van der Waals surface area contributed by atoms with Crippen LogP contribution in [0, 0.1) is 13.8 Å². The number of aromatic nitrogens is 2. The third-order valence-electron chi connectivity index (χ3n) is 4.60. The normalized spacial score (nSPS) is 11.0. The van der Waals surface area contributed by atoms with Gasteiger partial charge in [-0.25, -0.2) is 0 Å². The molecule has 2 heterocycles. The Morgan fingerprint density at radius 2 is 2.08 bits per heavy atom. The molecule has 3 aromatic rings. The molecule has 0 aliphatic heterocycles. The molecule has 0 aliphatic carbocycles. The Kier molecular flexibility index (Phi) is 5.18. The molecule has 2 aromatic heterocycles. The van der Waals surface area contributed by atoms with E-state index in [0.717, 1.165) is 33.5 Å². The first kappa shape index (κ1) is 18.3. The molecule has 1 aromatic carbocycles. The van der Waals surface area contributed by atoms with Crippen LogP contribution in [-0.2, 0) is 17.9 Å². The Morgan fingerprint density at radius 1 is 1.31 bits per heavy atom. The van der Waals surface area contributed by atoms with Gasteiger partial charge in [-0.3, -0.25) is 9.78 Å². The van der Waals surface area contributed by atoms with E-state index < -0.39 is 0 Å². The summed E-state index contributed by atoms with van der Waals surface area (Å²) in [5, 5.41) is 1.72. The number of carbonyl (C=O) groups excluding carboxylic acids is 1. The van der Waals surface area contributed by atoms with Crippen LogP contribution in [0.3, 0.4) is 0 Å². The summed E-state index contributed by atoms with van der Waals surface area (Å²) in [7, 11) is 3.44. The van der Waals surface area contributed by atoms with Gasteiger partial charge in [-0.1, -0.05) is 17.7 Å². The highest BCUT2D eigenvalue weighted by Crippen LogP contribution is 2.25. The molecule has 0 fully saturated rings. The molecular weight excluding hydrogens is 350 g/mol. The predicted octanol–water partition coefficient (Wildman–Crippen LogP) is 3.97. The van der Waals surface area contributed by atoms with Crippen LogP contribution in [0.2, 0.25) is 5.02 Å². The molecule has 5 nitrogen and oxygen atoms in total. The van der Waals surface area contributed by atoms with Crippen LogP contribution in [0.4, 0.5) is 0 Å². The second kappa shape index (κ2) is 7.38. The number of pyridine rings is 1. The first-order valence-electron chi connectivity index (χ1n) is 8.38. The van der Waals surface area contributed by atoms with Gasteiger partial charge in [0.05, 0.1) is 19.3 Å². The second-order valence-electron chi connectivity index (χ2n) is 6.44. The van der Waals surface area contributed by atoms with Crippen molar-refractivity contribution in [1.29, 1.82) is 0 Å². The molecule has 0 radical (unpaired) electrons. The lowest BCUT2D eigenvalue weighted by Gasteiger charge is -2.20. The van der Waals surface area contributed by atoms with Crippen molar-refractivity contribution in [2.45, 2.75) is 26.9 Å². The van der Waals surface area contributed by atoms with Gasteiger partial charge < -0.3 is 14.2 Å². The molecule has 0 saturated heterocycles. The Balaban J connectivity index is 1.77. The fourth-order valence-electron chi connectivity index (χ4n) is 3.10. The molecular formula is C20H22ClN3O2. The van der Waals surface area contributed by atoms with Crippen molar-refractivity contribution in [3.05, 3.63) is 58.5 Å². The van der Waals surface area contributed by atoms with E-state index in [0.29, 0.717) is 11.6 Å². The Bertz CT molecular complexity index is 965. The maximum absolute atomic E-state index is 12.7. The van der Waals surface area contributed by atoms with E-state index in [1.165, 1.54) is 0 Å². The molecule has 6 heteroatoms. The first-order chi connectivity index (χ1) is 12.4. The molecule has 0 spiro atoms. The molecule has 0 N–H and O–H groups in total. The highest BCUT2D eigenvalue weighted by atomic mass is 35.5. The lowest BCUT2D eigenvalue weighted by Crippen LogP contribution is -2.30. The van der Waals surface area contributed by atoms with E-state index >= 15 is 0 Å². The average molecular weight is 372 g/mol. The van der Waals surface area contributed by atoms with Gasteiger partial charge in [0.15, 0.2) is 0 Å². The van der Waals surface area contributed by atoms with Gasteiger partial charge in [0.1, 0.15) is 12.3 Å².